The molecule has 0 saturated carbocycles. The largest absolute Gasteiger partial charge is 0.468 e. The Kier molecular flexibility index (Phi) is 5.85. The minimum atomic E-state index is -0.360. The molecule has 1 amide bonds. The van der Waals surface area contributed by atoms with Crippen LogP contribution in [0.1, 0.15) is 23.2 Å². The van der Waals surface area contributed by atoms with Gasteiger partial charge in [-0.1, -0.05) is 23.2 Å². The van der Waals surface area contributed by atoms with E-state index >= 15 is 0 Å². The van der Waals surface area contributed by atoms with Gasteiger partial charge in [0.1, 0.15) is 0 Å². The molecule has 0 spiro atoms. The van der Waals surface area contributed by atoms with Crippen molar-refractivity contribution in [2.75, 3.05) is 20.3 Å². The summed E-state index contributed by atoms with van der Waals surface area (Å²) in [5.41, 5.74) is 0.381. The van der Waals surface area contributed by atoms with E-state index < -0.39 is 0 Å². The zero-order valence-corrected chi connectivity index (χ0v) is 13.1. The summed E-state index contributed by atoms with van der Waals surface area (Å²) in [7, 11) is 1.45. The number of halogens is 2. The Bertz CT molecular complexity index is 543. The summed E-state index contributed by atoms with van der Waals surface area (Å²) in [6, 6.07) is 4.79. The normalized spacial score (nSPS) is 18.6. The van der Waals surface area contributed by atoms with Gasteiger partial charge in [0.2, 0.25) is 0 Å². The minimum Gasteiger partial charge on any atom is -0.468 e. The topological polar surface area (TPSA) is 59.9 Å². The zero-order chi connectivity index (χ0) is 15.2. The molecule has 1 atom stereocenters. The number of nitrogens with zero attached hydrogens (tertiary/aromatic N) is 1. The molecule has 1 aliphatic rings. The Morgan fingerprint density at radius 1 is 1.48 bits per heavy atom. The second-order valence-corrected chi connectivity index (χ2v) is 5.38. The third-order valence-electron chi connectivity index (χ3n) is 3.06. The Labute approximate surface area is 133 Å². The lowest BCUT2D eigenvalue weighted by Gasteiger charge is -2.10. The van der Waals surface area contributed by atoms with Crippen molar-refractivity contribution in [3.63, 3.8) is 0 Å². The molecule has 0 radical (unpaired) electrons. The van der Waals surface area contributed by atoms with E-state index in [1.54, 1.807) is 12.1 Å². The van der Waals surface area contributed by atoms with Gasteiger partial charge in [-0.25, -0.2) is 4.99 Å². The van der Waals surface area contributed by atoms with Gasteiger partial charge >= 0.3 is 0 Å². The van der Waals surface area contributed by atoms with Crippen molar-refractivity contribution >= 4 is 35.1 Å². The molecule has 1 aromatic rings. The number of methoxy groups -OCH3 is 1. The molecule has 1 aliphatic heterocycles. The summed E-state index contributed by atoms with van der Waals surface area (Å²) in [5.74, 6) is -0.360. The molecule has 1 N–H and O–H groups in total. The molecule has 0 bridgehead atoms. The Balaban J connectivity index is 1.97. The van der Waals surface area contributed by atoms with Gasteiger partial charge in [-0.15, -0.1) is 0 Å². The average Bonchev–Trinajstić information content (AvgIpc) is 2.99. The van der Waals surface area contributed by atoms with Gasteiger partial charge in [0.25, 0.3) is 11.9 Å². The fraction of sp³-hybridized carbons (Fsp3) is 0.429. The number of aliphatic imine (C=N–C) groups is 1. The highest BCUT2D eigenvalue weighted by atomic mass is 35.5. The monoisotopic (exact) mass is 330 g/mol. The van der Waals surface area contributed by atoms with Crippen LogP contribution in [0.15, 0.2) is 23.2 Å². The smallest absolute Gasteiger partial charge is 0.291 e. The highest BCUT2D eigenvalue weighted by Gasteiger charge is 2.16. The first kappa shape index (κ1) is 16.1. The van der Waals surface area contributed by atoms with Gasteiger partial charge < -0.3 is 9.47 Å². The second-order valence-electron chi connectivity index (χ2n) is 4.57. The number of hydrogen-bond acceptors (Lipinski definition) is 4. The molecule has 2 rings (SSSR count). The average molecular weight is 331 g/mol. The number of benzene rings is 1. The first-order chi connectivity index (χ1) is 10.1. The number of nitrogens with one attached hydrogen (secondary N) is 1. The first-order valence-corrected chi connectivity index (χ1v) is 7.32. The van der Waals surface area contributed by atoms with Gasteiger partial charge in [0, 0.05) is 12.2 Å². The summed E-state index contributed by atoms with van der Waals surface area (Å²) in [6.07, 6.45) is 2.11. The second kappa shape index (κ2) is 7.64. The van der Waals surface area contributed by atoms with Crippen LogP contribution in [0.5, 0.6) is 0 Å². The van der Waals surface area contributed by atoms with Crippen molar-refractivity contribution in [2.24, 2.45) is 4.99 Å². The molecule has 1 saturated heterocycles. The van der Waals surface area contributed by atoms with Crippen LogP contribution in [0.2, 0.25) is 10.0 Å². The molecule has 0 aromatic heterocycles. The van der Waals surface area contributed by atoms with Crippen LogP contribution in [-0.4, -0.2) is 38.3 Å². The van der Waals surface area contributed by atoms with Crippen LogP contribution in [-0.2, 0) is 9.47 Å². The SMILES string of the molecule is COC(=NC[C@H]1CCCO1)NC(=O)c1ccc(Cl)c(Cl)c1. The highest BCUT2D eigenvalue weighted by Crippen LogP contribution is 2.22. The number of rotatable bonds is 3. The molecule has 0 unspecified atom stereocenters. The van der Waals surface area contributed by atoms with Crippen LogP contribution in [0.4, 0.5) is 0 Å². The third-order valence-corrected chi connectivity index (χ3v) is 3.80. The number of amidine groups is 1. The fourth-order valence-corrected chi connectivity index (χ4v) is 2.23. The van der Waals surface area contributed by atoms with E-state index in [4.69, 9.17) is 32.7 Å². The lowest BCUT2D eigenvalue weighted by Crippen LogP contribution is -2.32. The summed E-state index contributed by atoms with van der Waals surface area (Å²) < 4.78 is 10.5. The van der Waals surface area contributed by atoms with Crippen LogP contribution in [0, 0.1) is 0 Å². The van der Waals surface area contributed by atoms with Crippen LogP contribution >= 0.6 is 23.2 Å². The number of carbonyl (C=O) groups excluding carboxylic acids is 1. The molecule has 21 heavy (non-hydrogen) atoms. The summed E-state index contributed by atoms with van der Waals surface area (Å²) >= 11 is 11.7. The van der Waals surface area contributed by atoms with Crippen molar-refractivity contribution in [1.82, 2.24) is 5.32 Å². The Morgan fingerprint density at radius 2 is 2.29 bits per heavy atom. The van der Waals surface area contributed by atoms with E-state index in [2.05, 4.69) is 10.3 Å². The maximum atomic E-state index is 12.1. The van der Waals surface area contributed by atoms with Gasteiger partial charge in [0.15, 0.2) is 0 Å². The van der Waals surface area contributed by atoms with E-state index in [9.17, 15) is 4.79 Å². The zero-order valence-electron chi connectivity index (χ0n) is 11.6. The number of carbonyl (C=O) groups is 1. The van der Waals surface area contributed by atoms with Crippen molar-refractivity contribution < 1.29 is 14.3 Å². The van der Waals surface area contributed by atoms with Crippen molar-refractivity contribution in [3.05, 3.63) is 33.8 Å². The molecular formula is C14H16Cl2N2O3. The number of amides is 1. The highest BCUT2D eigenvalue weighted by molar-refractivity contribution is 6.42. The predicted octanol–water partition coefficient (Wildman–Crippen LogP) is 2.90. The molecule has 7 heteroatoms. The van der Waals surface area contributed by atoms with E-state index in [1.807, 2.05) is 0 Å². The third kappa shape index (κ3) is 4.59. The van der Waals surface area contributed by atoms with Gasteiger partial charge in [-0.2, -0.15) is 0 Å². The summed E-state index contributed by atoms with van der Waals surface area (Å²) in [5, 5.41) is 3.30. The molecule has 1 heterocycles. The van der Waals surface area contributed by atoms with Crippen LogP contribution in [0.25, 0.3) is 0 Å². The molecule has 5 nitrogen and oxygen atoms in total. The molecule has 1 aromatic carbocycles. The lowest BCUT2D eigenvalue weighted by molar-refractivity contribution is 0.0966. The molecule has 0 aliphatic carbocycles. The molecular weight excluding hydrogens is 315 g/mol. The number of ether oxygens (including phenoxy) is 2. The van der Waals surface area contributed by atoms with Crippen molar-refractivity contribution in [3.8, 4) is 0 Å². The van der Waals surface area contributed by atoms with Crippen molar-refractivity contribution in [1.29, 1.82) is 0 Å². The Hall–Kier alpha value is -1.30. The van der Waals surface area contributed by atoms with Gasteiger partial charge in [0.05, 0.1) is 29.8 Å². The predicted molar refractivity (Wildman–Crippen MR) is 82.2 cm³/mol. The quantitative estimate of drug-likeness (QED) is 0.684. The van der Waals surface area contributed by atoms with Gasteiger partial charge in [-0.3, -0.25) is 10.1 Å². The maximum absolute atomic E-state index is 12.1. The lowest BCUT2D eigenvalue weighted by atomic mass is 10.2. The first-order valence-electron chi connectivity index (χ1n) is 6.56. The standard InChI is InChI=1S/C14H16Cl2N2O3/c1-20-14(17-8-10-3-2-6-21-10)18-13(19)9-4-5-11(15)12(16)7-9/h4-5,7,10H,2-3,6,8H2,1H3,(H,17,18,19)/t10-/m1/s1. The maximum Gasteiger partial charge on any atom is 0.291 e. The Morgan fingerprint density at radius 3 is 2.90 bits per heavy atom. The molecule has 1 fully saturated rings. The van der Waals surface area contributed by atoms with E-state index in [1.165, 1.54) is 13.2 Å². The van der Waals surface area contributed by atoms with Gasteiger partial charge in [-0.05, 0) is 31.0 Å². The molecule has 114 valence electrons. The van der Waals surface area contributed by atoms with Crippen LogP contribution in [0.3, 0.4) is 0 Å². The van der Waals surface area contributed by atoms with E-state index in [0.29, 0.717) is 22.2 Å². The summed E-state index contributed by atoms with van der Waals surface area (Å²) in [6.45, 7) is 1.23. The summed E-state index contributed by atoms with van der Waals surface area (Å²) in [4.78, 5) is 16.3. The minimum absolute atomic E-state index is 0.0945. The van der Waals surface area contributed by atoms with E-state index in [-0.39, 0.29) is 18.0 Å². The van der Waals surface area contributed by atoms with Crippen LogP contribution < -0.4 is 5.32 Å². The van der Waals surface area contributed by atoms with Crippen molar-refractivity contribution in [2.45, 2.75) is 18.9 Å². The van der Waals surface area contributed by atoms with E-state index in [0.717, 1.165) is 19.4 Å². The number of hydrogen-bond donors (Lipinski definition) is 1. The fourth-order valence-electron chi connectivity index (χ4n) is 1.93.